The summed E-state index contributed by atoms with van der Waals surface area (Å²) in [7, 11) is 3.45. The minimum atomic E-state index is -0.419. The van der Waals surface area contributed by atoms with Gasteiger partial charge in [0.25, 0.3) is 0 Å². The maximum atomic E-state index is 12.2. The fourth-order valence-corrected chi connectivity index (χ4v) is 2.51. The summed E-state index contributed by atoms with van der Waals surface area (Å²) in [6.45, 7) is 8.22. The number of carbonyl (C=O) groups is 2. The lowest BCUT2D eigenvalue weighted by Crippen LogP contribution is -2.50. The molecule has 6 nitrogen and oxygen atoms in total. The zero-order chi connectivity index (χ0) is 15.8. The lowest BCUT2D eigenvalue weighted by Gasteiger charge is -2.25. The standard InChI is InChI=1S/C15H30N4O2/c1-12(2)10-13(15(21)18(3)4)17-14(20)11-19-8-5-6-16-7-9-19/h12-13,16H,5-11H2,1-4H3,(H,17,20). The van der Waals surface area contributed by atoms with Crippen molar-refractivity contribution in [3.63, 3.8) is 0 Å². The van der Waals surface area contributed by atoms with Gasteiger partial charge in [0.15, 0.2) is 0 Å². The minimum Gasteiger partial charge on any atom is -0.347 e. The summed E-state index contributed by atoms with van der Waals surface area (Å²) < 4.78 is 0. The summed E-state index contributed by atoms with van der Waals surface area (Å²) in [6.07, 6.45) is 1.73. The molecule has 1 fully saturated rings. The molecule has 1 rings (SSSR count). The molecule has 1 saturated heterocycles. The van der Waals surface area contributed by atoms with Crippen LogP contribution in [0.15, 0.2) is 0 Å². The lowest BCUT2D eigenvalue weighted by atomic mass is 10.0. The van der Waals surface area contributed by atoms with E-state index in [1.807, 2.05) is 0 Å². The van der Waals surface area contributed by atoms with Crippen LogP contribution in [-0.4, -0.2) is 74.5 Å². The number of nitrogens with zero attached hydrogens (tertiary/aromatic N) is 2. The van der Waals surface area contributed by atoms with Gasteiger partial charge in [0, 0.05) is 27.2 Å². The largest absolute Gasteiger partial charge is 0.347 e. The summed E-state index contributed by atoms with van der Waals surface area (Å²) in [5.41, 5.74) is 0. The van der Waals surface area contributed by atoms with Crippen LogP contribution >= 0.6 is 0 Å². The van der Waals surface area contributed by atoms with Gasteiger partial charge in [-0.25, -0.2) is 0 Å². The highest BCUT2D eigenvalue weighted by Gasteiger charge is 2.24. The quantitative estimate of drug-likeness (QED) is 0.719. The number of hydrogen-bond acceptors (Lipinski definition) is 4. The maximum Gasteiger partial charge on any atom is 0.244 e. The van der Waals surface area contributed by atoms with Crippen molar-refractivity contribution in [3.8, 4) is 0 Å². The van der Waals surface area contributed by atoms with Gasteiger partial charge >= 0.3 is 0 Å². The van der Waals surface area contributed by atoms with Gasteiger partial charge in [-0.2, -0.15) is 0 Å². The number of nitrogens with one attached hydrogen (secondary N) is 2. The fraction of sp³-hybridized carbons (Fsp3) is 0.867. The average molecular weight is 298 g/mol. The lowest BCUT2D eigenvalue weighted by molar-refractivity contribution is -0.135. The Kier molecular flexibility index (Phi) is 7.67. The highest BCUT2D eigenvalue weighted by molar-refractivity contribution is 5.88. The van der Waals surface area contributed by atoms with Gasteiger partial charge in [-0.1, -0.05) is 13.8 Å². The monoisotopic (exact) mass is 298 g/mol. The Bertz CT molecular complexity index is 337. The van der Waals surface area contributed by atoms with Crippen molar-refractivity contribution in [3.05, 3.63) is 0 Å². The summed E-state index contributed by atoms with van der Waals surface area (Å²) in [6, 6.07) is -0.419. The molecule has 0 aromatic heterocycles. The Balaban J connectivity index is 2.52. The van der Waals surface area contributed by atoms with Crippen molar-refractivity contribution in [1.29, 1.82) is 0 Å². The topological polar surface area (TPSA) is 64.7 Å². The van der Waals surface area contributed by atoms with Crippen LogP contribution in [-0.2, 0) is 9.59 Å². The van der Waals surface area contributed by atoms with Crippen LogP contribution in [0, 0.1) is 5.92 Å². The van der Waals surface area contributed by atoms with E-state index in [0.29, 0.717) is 18.9 Å². The van der Waals surface area contributed by atoms with E-state index in [1.54, 1.807) is 19.0 Å². The second-order valence-corrected chi connectivity index (χ2v) is 6.36. The maximum absolute atomic E-state index is 12.2. The Hall–Kier alpha value is -1.14. The SMILES string of the molecule is CC(C)CC(NC(=O)CN1CCCNCC1)C(=O)N(C)C. The number of carbonyl (C=O) groups excluding carboxylic acids is 2. The number of hydrogen-bond donors (Lipinski definition) is 2. The molecule has 0 spiro atoms. The second kappa shape index (κ2) is 9.00. The normalized spacial score (nSPS) is 18.1. The van der Waals surface area contributed by atoms with Crippen LogP contribution < -0.4 is 10.6 Å². The van der Waals surface area contributed by atoms with Crippen molar-refractivity contribution in [1.82, 2.24) is 20.4 Å². The van der Waals surface area contributed by atoms with Crippen molar-refractivity contribution in [2.75, 3.05) is 46.8 Å². The van der Waals surface area contributed by atoms with E-state index >= 15 is 0 Å². The fourth-order valence-electron chi connectivity index (χ4n) is 2.51. The van der Waals surface area contributed by atoms with E-state index in [-0.39, 0.29) is 11.8 Å². The summed E-state index contributed by atoms with van der Waals surface area (Å²) >= 11 is 0. The first kappa shape index (κ1) is 17.9. The van der Waals surface area contributed by atoms with Crippen LogP contribution in [0.3, 0.4) is 0 Å². The predicted octanol–water partition coefficient (Wildman–Crippen LogP) is -0.0992. The Morgan fingerprint density at radius 1 is 1.24 bits per heavy atom. The van der Waals surface area contributed by atoms with Crippen molar-refractivity contribution < 1.29 is 9.59 Å². The van der Waals surface area contributed by atoms with E-state index in [2.05, 4.69) is 29.4 Å². The van der Waals surface area contributed by atoms with Gasteiger partial charge in [0.05, 0.1) is 6.54 Å². The zero-order valence-electron chi connectivity index (χ0n) is 13.8. The average Bonchev–Trinajstić information content (AvgIpc) is 2.64. The third-order valence-electron chi connectivity index (χ3n) is 3.58. The zero-order valence-corrected chi connectivity index (χ0v) is 13.8. The smallest absolute Gasteiger partial charge is 0.244 e. The molecule has 0 bridgehead atoms. The molecule has 0 aromatic rings. The van der Waals surface area contributed by atoms with Gasteiger partial charge in [-0.3, -0.25) is 14.5 Å². The summed E-state index contributed by atoms with van der Waals surface area (Å²) in [4.78, 5) is 28.0. The molecule has 1 aliphatic heterocycles. The Labute approximate surface area is 128 Å². The van der Waals surface area contributed by atoms with Gasteiger partial charge < -0.3 is 15.5 Å². The summed E-state index contributed by atoms with van der Waals surface area (Å²) in [5.74, 6) is 0.272. The van der Waals surface area contributed by atoms with Gasteiger partial charge in [0.2, 0.25) is 11.8 Å². The Morgan fingerprint density at radius 2 is 1.95 bits per heavy atom. The molecule has 1 aliphatic rings. The number of rotatable bonds is 6. The van der Waals surface area contributed by atoms with Gasteiger partial charge in [-0.05, 0) is 31.8 Å². The molecule has 2 N–H and O–H groups in total. The van der Waals surface area contributed by atoms with Crippen LogP contribution in [0.25, 0.3) is 0 Å². The molecule has 1 atom stereocenters. The van der Waals surface area contributed by atoms with Crippen molar-refractivity contribution in [2.24, 2.45) is 5.92 Å². The molecule has 21 heavy (non-hydrogen) atoms. The third-order valence-corrected chi connectivity index (χ3v) is 3.58. The molecule has 0 aromatic carbocycles. The molecule has 122 valence electrons. The molecule has 0 aliphatic carbocycles. The van der Waals surface area contributed by atoms with Crippen LogP contribution in [0.1, 0.15) is 26.7 Å². The molecule has 0 saturated carbocycles. The molecule has 2 amide bonds. The Morgan fingerprint density at radius 3 is 2.57 bits per heavy atom. The number of amides is 2. The molecule has 1 heterocycles. The highest BCUT2D eigenvalue weighted by Crippen LogP contribution is 2.07. The number of likely N-dealkylation sites (N-methyl/N-ethyl adjacent to an activating group) is 1. The highest BCUT2D eigenvalue weighted by atomic mass is 16.2. The minimum absolute atomic E-state index is 0.0328. The van der Waals surface area contributed by atoms with E-state index in [1.165, 1.54) is 0 Å². The van der Waals surface area contributed by atoms with Crippen molar-refractivity contribution in [2.45, 2.75) is 32.7 Å². The third kappa shape index (κ3) is 6.91. The molecular weight excluding hydrogens is 268 g/mol. The van der Waals surface area contributed by atoms with Crippen LogP contribution in [0.5, 0.6) is 0 Å². The first-order valence-electron chi connectivity index (χ1n) is 7.83. The molecule has 1 unspecified atom stereocenters. The molecular formula is C15H30N4O2. The van der Waals surface area contributed by atoms with Gasteiger partial charge in [-0.15, -0.1) is 0 Å². The second-order valence-electron chi connectivity index (χ2n) is 6.36. The van der Waals surface area contributed by atoms with Crippen LogP contribution in [0.4, 0.5) is 0 Å². The predicted molar refractivity (Wildman–Crippen MR) is 84.0 cm³/mol. The van der Waals surface area contributed by atoms with E-state index in [4.69, 9.17) is 0 Å². The molecule has 6 heteroatoms. The van der Waals surface area contributed by atoms with E-state index in [9.17, 15) is 9.59 Å². The van der Waals surface area contributed by atoms with Gasteiger partial charge in [0.1, 0.15) is 6.04 Å². The van der Waals surface area contributed by atoms with E-state index in [0.717, 1.165) is 32.6 Å². The first-order valence-corrected chi connectivity index (χ1v) is 7.83. The van der Waals surface area contributed by atoms with E-state index < -0.39 is 6.04 Å². The van der Waals surface area contributed by atoms with Crippen molar-refractivity contribution >= 4 is 11.8 Å². The van der Waals surface area contributed by atoms with Crippen LogP contribution in [0.2, 0.25) is 0 Å². The first-order chi connectivity index (χ1) is 9.90. The molecule has 0 radical (unpaired) electrons. The summed E-state index contributed by atoms with van der Waals surface area (Å²) in [5, 5.41) is 6.22.